The third kappa shape index (κ3) is 9.07. The Hall–Kier alpha value is -0.910. The fraction of sp³-hybridized carbons (Fsp3) is 0.857. The van der Waals surface area contributed by atoms with E-state index < -0.39 is 17.7 Å². The molecule has 0 saturated carbocycles. The molecule has 0 aliphatic rings. The first kappa shape index (κ1) is 19.1. The first-order chi connectivity index (χ1) is 9.19. The van der Waals surface area contributed by atoms with Crippen LogP contribution in [0.15, 0.2) is 0 Å². The van der Waals surface area contributed by atoms with Gasteiger partial charge in [0.25, 0.3) is 0 Å². The van der Waals surface area contributed by atoms with Crippen LogP contribution in [-0.2, 0) is 9.53 Å². The van der Waals surface area contributed by atoms with Gasteiger partial charge in [-0.15, -0.1) is 0 Å². The summed E-state index contributed by atoms with van der Waals surface area (Å²) in [5.74, 6) is 0.647. The number of thioether (sulfide) groups is 1. The van der Waals surface area contributed by atoms with E-state index >= 15 is 0 Å². The van der Waals surface area contributed by atoms with Crippen LogP contribution in [0.1, 0.15) is 47.5 Å². The minimum Gasteiger partial charge on any atom is -0.444 e. The number of ether oxygens (including phenoxy) is 1. The molecule has 0 aromatic rings. The van der Waals surface area contributed by atoms with Gasteiger partial charge in [-0.05, 0) is 52.5 Å². The lowest BCUT2D eigenvalue weighted by Crippen LogP contribution is -2.50. The summed E-state index contributed by atoms with van der Waals surface area (Å²) in [5.41, 5.74) is -0.568. The van der Waals surface area contributed by atoms with Crippen LogP contribution in [0.25, 0.3) is 0 Å². The van der Waals surface area contributed by atoms with E-state index in [1.54, 1.807) is 32.5 Å². The maximum Gasteiger partial charge on any atom is 0.408 e. The van der Waals surface area contributed by atoms with Crippen molar-refractivity contribution in [3.05, 3.63) is 0 Å². The van der Waals surface area contributed by atoms with Gasteiger partial charge < -0.3 is 15.4 Å². The molecule has 0 bridgehead atoms. The molecule has 118 valence electrons. The molecular formula is C14H28N2O3S. The van der Waals surface area contributed by atoms with Crippen molar-refractivity contribution < 1.29 is 14.3 Å². The van der Waals surface area contributed by atoms with Crippen LogP contribution in [0.4, 0.5) is 4.79 Å². The molecule has 2 N–H and O–H groups in total. The normalized spacial score (nSPS) is 14.3. The van der Waals surface area contributed by atoms with Crippen molar-refractivity contribution in [1.29, 1.82) is 0 Å². The molecule has 0 aromatic carbocycles. The maximum absolute atomic E-state index is 12.1. The van der Waals surface area contributed by atoms with Gasteiger partial charge in [0.05, 0.1) is 0 Å². The highest BCUT2D eigenvalue weighted by molar-refractivity contribution is 7.98. The Morgan fingerprint density at radius 1 is 1.25 bits per heavy atom. The number of carbonyl (C=O) groups is 2. The summed E-state index contributed by atoms with van der Waals surface area (Å²) in [5, 5.41) is 5.54. The average molecular weight is 304 g/mol. The van der Waals surface area contributed by atoms with Crippen LogP contribution in [0.5, 0.6) is 0 Å². The molecule has 0 heterocycles. The second kappa shape index (κ2) is 9.10. The summed E-state index contributed by atoms with van der Waals surface area (Å²) >= 11 is 1.64. The summed E-state index contributed by atoms with van der Waals surface area (Å²) in [6, 6.07) is -0.453. The van der Waals surface area contributed by atoms with Crippen LogP contribution in [0, 0.1) is 0 Å². The zero-order valence-electron chi connectivity index (χ0n) is 13.4. The van der Waals surface area contributed by atoms with Gasteiger partial charge in [-0.2, -0.15) is 11.8 Å². The molecule has 0 aliphatic heterocycles. The van der Waals surface area contributed by atoms with Gasteiger partial charge in [0.1, 0.15) is 11.6 Å². The molecule has 0 rings (SSSR count). The summed E-state index contributed by atoms with van der Waals surface area (Å²) in [6.45, 7) is 9.33. The lowest BCUT2D eigenvalue weighted by Gasteiger charge is -2.24. The lowest BCUT2D eigenvalue weighted by atomic mass is 10.2. The molecular weight excluding hydrogens is 276 g/mol. The largest absolute Gasteiger partial charge is 0.444 e. The Bertz CT molecular complexity index is 316. The number of carbonyl (C=O) groups excluding carboxylic acids is 2. The van der Waals surface area contributed by atoms with Crippen LogP contribution in [0.3, 0.4) is 0 Å². The van der Waals surface area contributed by atoms with Crippen molar-refractivity contribution in [2.24, 2.45) is 0 Å². The Balaban J connectivity index is 4.55. The monoisotopic (exact) mass is 304 g/mol. The number of amides is 2. The van der Waals surface area contributed by atoms with Crippen molar-refractivity contribution in [3.8, 4) is 0 Å². The number of rotatable bonds is 7. The number of nitrogens with one attached hydrogen (secondary N) is 2. The zero-order valence-corrected chi connectivity index (χ0v) is 14.2. The van der Waals surface area contributed by atoms with Crippen molar-refractivity contribution in [1.82, 2.24) is 10.6 Å². The van der Waals surface area contributed by atoms with E-state index in [1.165, 1.54) is 0 Å². The SMILES string of the molecule is CCC(C)NC(=O)C(CCSC)NC(=O)OC(C)(C)C. The first-order valence-electron chi connectivity index (χ1n) is 6.98. The minimum absolute atomic E-state index is 0.0970. The van der Waals surface area contributed by atoms with Crippen LogP contribution in [-0.4, -0.2) is 41.7 Å². The molecule has 2 atom stereocenters. The molecule has 0 radical (unpaired) electrons. The second-order valence-electron chi connectivity index (χ2n) is 5.80. The van der Waals surface area contributed by atoms with Gasteiger partial charge in [0.2, 0.25) is 5.91 Å². The summed E-state index contributed by atoms with van der Waals surface area (Å²) in [4.78, 5) is 23.9. The van der Waals surface area contributed by atoms with E-state index in [1.807, 2.05) is 20.1 Å². The van der Waals surface area contributed by atoms with Crippen LogP contribution >= 0.6 is 11.8 Å². The third-order valence-corrected chi connectivity index (χ3v) is 3.26. The van der Waals surface area contributed by atoms with E-state index in [4.69, 9.17) is 4.74 Å². The Kier molecular flexibility index (Phi) is 8.69. The van der Waals surface area contributed by atoms with Crippen molar-refractivity contribution >= 4 is 23.8 Å². The predicted molar refractivity (Wildman–Crippen MR) is 84.1 cm³/mol. The highest BCUT2D eigenvalue weighted by Gasteiger charge is 2.24. The lowest BCUT2D eigenvalue weighted by molar-refractivity contribution is -0.123. The summed E-state index contributed by atoms with van der Waals surface area (Å²) in [7, 11) is 0. The van der Waals surface area contributed by atoms with Gasteiger partial charge in [-0.1, -0.05) is 6.92 Å². The average Bonchev–Trinajstić information content (AvgIpc) is 2.31. The minimum atomic E-state index is -0.568. The zero-order chi connectivity index (χ0) is 15.8. The molecule has 0 aromatic heterocycles. The summed E-state index contributed by atoms with van der Waals surface area (Å²) in [6.07, 6.45) is 2.86. The highest BCUT2D eigenvalue weighted by atomic mass is 32.2. The van der Waals surface area contributed by atoms with Crippen LogP contribution < -0.4 is 10.6 Å². The van der Waals surface area contributed by atoms with E-state index in [0.717, 1.165) is 12.2 Å². The van der Waals surface area contributed by atoms with E-state index in [2.05, 4.69) is 10.6 Å². The van der Waals surface area contributed by atoms with Crippen molar-refractivity contribution in [2.45, 2.75) is 65.1 Å². The maximum atomic E-state index is 12.1. The number of hydrogen-bond donors (Lipinski definition) is 2. The Labute approximate surface area is 126 Å². The van der Waals surface area contributed by atoms with Gasteiger partial charge in [0, 0.05) is 6.04 Å². The smallest absolute Gasteiger partial charge is 0.408 e. The van der Waals surface area contributed by atoms with Crippen LogP contribution in [0.2, 0.25) is 0 Å². The number of alkyl carbamates (subject to hydrolysis) is 1. The summed E-state index contributed by atoms with van der Waals surface area (Å²) < 4.78 is 5.19. The van der Waals surface area contributed by atoms with Gasteiger partial charge in [-0.25, -0.2) is 4.79 Å². The fourth-order valence-corrected chi connectivity index (χ4v) is 1.87. The molecule has 20 heavy (non-hydrogen) atoms. The Morgan fingerprint density at radius 2 is 1.85 bits per heavy atom. The molecule has 0 spiro atoms. The Morgan fingerprint density at radius 3 is 2.30 bits per heavy atom. The van der Waals surface area contributed by atoms with Gasteiger partial charge in [-0.3, -0.25) is 4.79 Å². The van der Waals surface area contributed by atoms with E-state index in [9.17, 15) is 9.59 Å². The molecule has 2 amide bonds. The molecule has 0 saturated heterocycles. The standard InChI is InChI=1S/C14H28N2O3S/c1-7-10(2)15-12(17)11(8-9-20-6)16-13(18)19-14(3,4)5/h10-11H,7-9H2,1-6H3,(H,15,17)(H,16,18). The van der Waals surface area contributed by atoms with Gasteiger partial charge >= 0.3 is 6.09 Å². The third-order valence-electron chi connectivity index (χ3n) is 2.62. The first-order valence-corrected chi connectivity index (χ1v) is 8.37. The molecule has 5 nitrogen and oxygen atoms in total. The topological polar surface area (TPSA) is 67.4 Å². The predicted octanol–water partition coefficient (Wildman–Crippen LogP) is 2.55. The quantitative estimate of drug-likeness (QED) is 0.758. The van der Waals surface area contributed by atoms with Crippen molar-refractivity contribution in [2.75, 3.05) is 12.0 Å². The molecule has 2 unspecified atom stereocenters. The van der Waals surface area contributed by atoms with Crippen molar-refractivity contribution in [3.63, 3.8) is 0 Å². The van der Waals surface area contributed by atoms with Gasteiger partial charge in [0.15, 0.2) is 0 Å². The molecule has 0 fully saturated rings. The highest BCUT2D eigenvalue weighted by Crippen LogP contribution is 2.08. The number of hydrogen-bond acceptors (Lipinski definition) is 4. The molecule has 6 heteroatoms. The van der Waals surface area contributed by atoms with E-state index in [-0.39, 0.29) is 11.9 Å². The second-order valence-corrected chi connectivity index (χ2v) is 6.78. The molecule has 0 aliphatic carbocycles. The fourth-order valence-electron chi connectivity index (χ4n) is 1.40. The van der Waals surface area contributed by atoms with E-state index in [0.29, 0.717) is 6.42 Å².